The van der Waals surface area contributed by atoms with Crippen LogP contribution in [0.1, 0.15) is 12.8 Å². The number of alkyl halides is 1. The van der Waals surface area contributed by atoms with Gasteiger partial charge < -0.3 is 4.90 Å². The quantitative estimate of drug-likeness (QED) is 0.698. The molecule has 76 valence electrons. The summed E-state index contributed by atoms with van der Waals surface area (Å²) in [6.07, 6.45) is 4.24. The second-order valence-corrected chi connectivity index (χ2v) is 4.08. The number of hydrogen-bond donors (Lipinski definition) is 0. The SMILES string of the molecule is ClCC1CCN(c2ccccn2)CC1. The van der Waals surface area contributed by atoms with Gasteiger partial charge in [0, 0.05) is 25.2 Å². The number of hydrogen-bond acceptors (Lipinski definition) is 2. The Hall–Kier alpha value is -0.760. The normalized spacial score (nSPS) is 18.5. The Morgan fingerprint density at radius 1 is 1.36 bits per heavy atom. The van der Waals surface area contributed by atoms with Crippen molar-refractivity contribution in [2.75, 3.05) is 23.9 Å². The summed E-state index contributed by atoms with van der Waals surface area (Å²) in [5.41, 5.74) is 0. The fourth-order valence-electron chi connectivity index (χ4n) is 1.86. The van der Waals surface area contributed by atoms with Crippen LogP contribution < -0.4 is 4.90 Å². The number of pyridine rings is 1. The molecular weight excluding hydrogens is 196 g/mol. The molecule has 0 amide bonds. The number of nitrogens with zero attached hydrogens (tertiary/aromatic N) is 2. The zero-order chi connectivity index (χ0) is 9.80. The van der Waals surface area contributed by atoms with Crippen LogP contribution in [0, 0.1) is 5.92 Å². The highest BCUT2D eigenvalue weighted by Gasteiger charge is 2.18. The van der Waals surface area contributed by atoms with Gasteiger partial charge in [-0.1, -0.05) is 6.07 Å². The maximum absolute atomic E-state index is 5.84. The molecule has 2 nitrogen and oxygen atoms in total. The Kier molecular flexibility index (Phi) is 3.25. The largest absolute Gasteiger partial charge is 0.357 e. The fraction of sp³-hybridized carbons (Fsp3) is 0.545. The van der Waals surface area contributed by atoms with Gasteiger partial charge in [0.1, 0.15) is 5.82 Å². The van der Waals surface area contributed by atoms with Crippen LogP contribution in [0.15, 0.2) is 24.4 Å². The van der Waals surface area contributed by atoms with E-state index in [1.165, 1.54) is 12.8 Å². The minimum atomic E-state index is 0.705. The van der Waals surface area contributed by atoms with E-state index in [1.54, 1.807) is 0 Å². The van der Waals surface area contributed by atoms with Crippen molar-refractivity contribution in [2.24, 2.45) is 5.92 Å². The molecule has 0 atom stereocenters. The predicted octanol–water partition coefficient (Wildman–Crippen LogP) is 2.54. The molecule has 14 heavy (non-hydrogen) atoms. The van der Waals surface area contributed by atoms with E-state index in [-0.39, 0.29) is 0 Å². The van der Waals surface area contributed by atoms with Crippen LogP contribution in [-0.2, 0) is 0 Å². The van der Waals surface area contributed by atoms with E-state index in [0.29, 0.717) is 5.92 Å². The summed E-state index contributed by atoms with van der Waals surface area (Å²) in [5.74, 6) is 2.60. The third-order valence-corrected chi connectivity index (χ3v) is 3.24. The van der Waals surface area contributed by atoms with Crippen LogP contribution in [0.25, 0.3) is 0 Å². The molecule has 0 radical (unpaired) electrons. The summed E-state index contributed by atoms with van der Waals surface area (Å²) in [6, 6.07) is 6.06. The fourth-order valence-corrected chi connectivity index (χ4v) is 2.17. The number of anilines is 1. The molecule has 2 rings (SSSR count). The van der Waals surface area contributed by atoms with E-state index in [2.05, 4.69) is 16.0 Å². The molecule has 1 saturated heterocycles. The maximum atomic E-state index is 5.84. The molecular formula is C11H15ClN2. The number of piperidine rings is 1. The Bertz CT molecular complexity index is 268. The first-order chi connectivity index (χ1) is 6.90. The molecule has 0 spiro atoms. The molecule has 3 heteroatoms. The first kappa shape index (κ1) is 9.78. The Labute approximate surface area is 89.9 Å². The van der Waals surface area contributed by atoms with Gasteiger partial charge >= 0.3 is 0 Å². The van der Waals surface area contributed by atoms with Crippen molar-refractivity contribution in [3.8, 4) is 0 Å². The van der Waals surface area contributed by atoms with Crippen LogP contribution in [0.5, 0.6) is 0 Å². The summed E-state index contributed by atoms with van der Waals surface area (Å²) < 4.78 is 0. The lowest BCUT2D eigenvalue weighted by molar-refractivity contribution is 0.441. The first-order valence-corrected chi connectivity index (χ1v) is 5.65. The van der Waals surface area contributed by atoms with Gasteiger partial charge in [0.2, 0.25) is 0 Å². The smallest absolute Gasteiger partial charge is 0.128 e. The zero-order valence-corrected chi connectivity index (χ0v) is 8.95. The van der Waals surface area contributed by atoms with Crippen LogP contribution in [0.4, 0.5) is 5.82 Å². The highest BCUT2D eigenvalue weighted by Crippen LogP contribution is 2.21. The Balaban J connectivity index is 1.96. The molecule has 1 aromatic heterocycles. The minimum Gasteiger partial charge on any atom is -0.357 e. The van der Waals surface area contributed by atoms with Gasteiger partial charge in [-0.3, -0.25) is 0 Å². The van der Waals surface area contributed by atoms with E-state index < -0.39 is 0 Å². The highest BCUT2D eigenvalue weighted by molar-refractivity contribution is 6.18. The van der Waals surface area contributed by atoms with Crippen molar-refractivity contribution < 1.29 is 0 Å². The van der Waals surface area contributed by atoms with Crippen molar-refractivity contribution in [1.82, 2.24) is 4.98 Å². The van der Waals surface area contributed by atoms with Crippen LogP contribution in [0.3, 0.4) is 0 Å². The lowest BCUT2D eigenvalue weighted by Crippen LogP contribution is -2.34. The standard InChI is InChI=1S/C11H15ClN2/c12-9-10-4-7-14(8-5-10)11-3-1-2-6-13-11/h1-3,6,10H,4-5,7-9H2. The average molecular weight is 211 g/mol. The third kappa shape index (κ3) is 2.18. The van der Waals surface area contributed by atoms with Gasteiger partial charge in [-0.25, -0.2) is 4.98 Å². The summed E-state index contributed by atoms with van der Waals surface area (Å²) >= 11 is 5.84. The maximum Gasteiger partial charge on any atom is 0.128 e. The van der Waals surface area contributed by atoms with E-state index in [4.69, 9.17) is 11.6 Å². The van der Waals surface area contributed by atoms with Gasteiger partial charge in [-0.05, 0) is 30.9 Å². The minimum absolute atomic E-state index is 0.705. The van der Waals surface area contributed by atoms with Crippen LogP contribution in [0.2, 0.25) is 0 Å². The molecule has 1 aliphatic heterocycles. The molecule has 1 aromatic rings. The van der Waals surface area contributed by atoms with Crippen molar-refractivity contribution in [3.05, 3.63) is 24.4 Å². The molecule has 1 aliphatic rings. The molecule has 2 heterocycles. The molecule has 0 bridgehead atoms. The second kappa shape index (κ2) is 4.65. The van der Waals surface area contributed by atoms with Crippen molar-refractivity contribution >= 4 is 17.4 Å². The summed E-state index contributed by atoms with van der Waals surface area (Å²) in [7, 11) is 0. The molecule has 0 N–H and O–H groups in total. The molecule has 0 aromatic carbocycles. The van der Waals surface area contributed by atoms with Crippen LogP contribution in [-0.4, -0.2) is 24.0 Å². The summed E-state index contributed by atoms with van der Waals surface area (Å²) in [6.45, 7) is 2.18. The molecule has 0 unspecified atom stereocenters. The molecule has 1 fully saturated rings. The first-order valence-electron chi connectivity index (χ1n) is 5.12. The topological polar surface area (TPSA) is 16.1 Å². The van der Waals surface area contributed by atoms with Gasteiger partial charge in [0.05, 0.1) is 0 Å². The zero-order valence-electron chi connectivity index (χ0n) is 8.19. The summed E-state index contributed by atoms with van der Waals surface area (Å²) in [4.78, 5) is 6.68. The number of rotatable bonds is 2. The van der Waals surface area contributed by atoms with E-state index in [9.17, 15) is 0 Å². The highest BCUT2D eigenvalue weighted by atomic mass is 35.5. The van der Waals surface area contributed by atoms with Gasteiger partial charge in [0.15, 0.2) is 0 Å². The Morgan fingerprint density at radius 3 is 2.71 bits per heavy atom. The Morgan fingerprint density at radius 2 is 2.14 bits per heavy atom. The van der Waals surface area contributed by atoms with E-state index >= 15 is 0 Å². The lowest BCUT2D eigenvalue weighted by atomic mass is 9.99. The molecule has 0 saturated carbocycles. The van der Waals surface area contributed by atoms with Gasteiger partial charge in [-0.2, -0.15) is 0 Å². The third-order valence-electron chi connectivity index (χ3n) is 2.81. The van der Waals surface area contributed by atoms with Gasteiger partial charge in [0.25, 0.3) is 0 Å². The predicted molar refractivity (Wildman–Crippen MR) is 59.9 cm³/mol. The van der Waals surface area contributed by atoms with E-state index in [1.807, 2.05) is 18.3 Å². The van der Waals surface area contributed by atoms with Crippen LogP contribution >= 0.6 is 11.6 Å². The second-order valence-electron chi connectivity index (χ2n) is 3.77. The van der Waals surface area contributed by atoms with Crippen molar-refractivity contribution in [3.63, 3.8) is 0 Å². The number of halogens is 1. The van der Waals surface area contributed by atoms with E-state index in [0.717, 1.165) is 24.8 Å². The average Bonchev–Trinajstić information content (AvgIpc) is 2.30. The molecule has 0 aliphatic carbocycles. The lowest BCUT2D eigenvalue weighted by Gasteiger charge is -2.31. The summed E-state index contributed by atoms with van der Waals surface area (Å²) in [5, 5.41) is 0. The number of aromatic nitrogens is 1. The van der Waals surface area contributed by atoms with Gasteiger partial charge in [-0.15, -0.1) is 11.6 Å². The van der Waals surface area contributed by atoms with Crippen molar-refractivity contribution in [1.29, 1.82) is 0 Å². The monoisotopic (exact) mass is 210 g/mol. The van der Waals surface area contributed by atoms with Crippen molar-refractivity contribution in [2.45, 2.75) is 12.8 Å².